The normalized spacial score (nSPS) is 16.9. The number of nitrogens with one attached hydrogen (secondary N) is 2. The number of hydrogen-bond acceptors (Lipinski definition) is 8. The molecule has 2 aromatic carbocycles. The van der Waals surface area contributed by atoms with Crippen LogP contribution in [0.25, 0.3) is 0 Å². The van der Waals surface area contributed by atoms with Gasteiger partial charge in [-0.2, -0.15) is 12.7 Å². The van der Waals surface area contributed by atoms with E-state index in [0.717, 1.165) is 14.0 Å². The predicted molar refractivity (Wildman–Crippen MR) is 182 cm³/mol. The number of anilines is 1. The molecule has 2 N–H and O–H groups in total. The Morgan fingerprint density at radius 2 is 1.77 bits per heavy atom. The summed E-state index contributed by atoms with van der Waals surface area (Å²) in [6.45, 7) is 7.92. The van der Waals surface area contributed by atoms with E-state index in [9.17, 15) is 18.0 Å². The highest BCUT2D eigenvalue weighted by Gasteiger charge is 2.36. The smallest absolute Gasteiger partial charge is 0.407 e. The largest absolute Gasteiger partial charge is 0.444 e. The number of halogens is 1. The van der Waals surface area contributed by atoms with E-state index in [-0.39, 0.29) is 30.5 Å². The number of carbonyl (C=O) groups excluding carboxylic acids is 2. The number of amides is 2. The van der Waals surface area contributed by atoms with Gasteiger partial charge in [0.2, 0.25) is 0 Å². The van der Waals surface area contributed by atoms with Crippen LogP contribution in [0, 0.1) is 0 Å². The number of carbonyl (C=O) groups is 2. The third-order valence-corrected chi connectivity index (χ3v) is 9.86. The fourth-order valence-corrected chi connectivity index (χ4v) is 6.60. The molecule has 1 aliphatic rings. The molecule has 0 aliphatic carbocycles. The van der Waals surface area contributed by atoms with Gasteiger partial charge in [0.15, 0.2) is 5.69 Å². The molecular formula is C33H45ClN6O6S. The van der Waals surface area contributed by atoms with Crippen LogP contribution in [0.2, 0.25) is 5.02 Å². The quantitative estimate of drug-likeness (QED) is 0.294. The third kappa shape index (κ3) is 8.83. The monoisotopic (exact) mass is 688 g/mol. The number of hydrogen-bond donors (Lipinski definition) is 2. The minimum Gasteiger partial charge on any atom is -0.444 e. The summed E-state index contributed by atoms with van der Waals surface area (Å²) in [6.07, 6.45) is 0.446. The van der Waals surface area contributed by atoms with Gasteiger partial charge < -0.3 is 25.0 Å². The average Bonchev–Trinajstić information content (AvgIpc) is 3.40. The molecule has 2 amide bonds. The van der Waals surface area contributed by atoms with Crippen molar-refractivity contribution in [1.29, 1.82) is 0 Å². The predicted octanol–water partition coefficient (Wildman–Crippen LogP) is 4.78. The van der Waals surface area contributed by atoms with Gasteiger partial charge in [0.1, 0.15) is 11.4 Å². The number of ether oxygens (including phenoxy) is 2. The number of piperidine rings is 1. The number of rotatable bonds is 11. The van der Waals surface area contributed by atoms with E-state index in [2.05, 4.69) is 15.7 Å². The fourth-order valence-electron chi connectivity index (χ4n) is 5.46. The highest BCUT2D eigenvalue weighted by molar-refractivity contribution is 7.87. The van der Waals surface area contributed by atoms with Crippen LogP contribution < -0.4 is 15.5 Å². The molecule has 4 rings (SSSR count). The Labute approximate surface area is 282 Å². The molecule has 1 saturated heterocycles. The molecule has 47 heavy (non-hydrogen) atoms. The summed E-state index contributed by atoms with van der Waals surface area (Å²) in [5, 5.41) is 10.9. The van der Waals surface area contributed by atoms with Crippen molar-refractivity contribution in [3.63, 3.8) is 0 Å². The van der Waals surface area contributed by atoms with Crippen molar-refractivity contribution in [3.05, 3.63) is 82.0 Å². The summed E-state index contributed by atoms with van der Waals surface area (Å²) >= 11 is 6.60. The number of aromatic nitrogens is 2. The van der Waals surface area contributed by atoms with Gasteiger partial charge in [-0.05, 0) is 57.7 Å². The van der Waals surface area contributed by atoms with Gasteiger partial charge in [0.25, 0.3) is 5.91 Å². The van der Waals surface area contributed by atoms with Crippen LogP contribution in [-0.2, 0) is 26.1 Å². The van der Waals surface area contributed by atoms with Crippen molar-refractivity contribution in [2.45, 2.75) is 70.7 Å². The van der Waals surface area contributed by atoms with Crippen molar-refractivity contribution in [2.75, 3.05) is 39.2 Å². The summed E-state index contributed by atoms with van der Waals surface area (Å²) in [4.78, 5) is 28.8. The Morgan fingerprint density at radius 1 is 1.11 bits per heavy atom. The van der Waals surface area contributed by atoms with Gasteiger partial charge in [-0.1, -0.05) is 60.1 Å². The molecule has 3 atom stereocenters. The zero-order chi connectivity index (χ0) is 34.5. The second-order valence-electron chi connectivity index (χ2n) is 12.8. The lowest BCUT2D eigenvalue weighted by Gasteiger charge is -2.35. The summed E-state index contributed by atoms with van der Waals surface area (Å²) < 4.78 is 40.8. The molecule has 0 spiro atoms. The molecule has 1 fully saturated rings. The lowest BCUT2D eigenvalue weighted by atomic mass is 10.00. The molecule has 0 saturated carbocycles. The van der Waals surface area contributed by atoms with Crippen molar-refractivity contribution in [3.8, 4) is 0 Å². The SMILES string of the molecule is COC(C)C(NC(=O)c1nn(S(=O)(=O)N(C)C)c(N2CCC[C@@H](NC(=O)OC(C)(C)C)C2)c1Cc1ccccc1Cl)c1ccccc1. The second kappa shape index (κ2) is 15.1. The number of benzene rings is 2. The molecule has 1 aliphatic heterocycles. The van der Waals surface area contributed by atoms with Gasteiger partial charge in [-0.25, -0.2) is 4.79 Å². The third-order valence-electron chi connectivity index (χ3n) is 7.88. The van der Waals surface area contributed by atoms with Crippen LogP contribution in [0.5, 0.6) is 0 Å². The van der Waals surface area contributed by atoms with Crippen molar-refractivity contribution >= 4 is 39.6 Å². The first kappa shape index (κ1) is 36.2. The lowest BCUT2D eigenvalue weighted by molar-refractivity contribution is 0.0499. The van der Waals surface area contributed by atoms with Gasteiger partial charge >= 0.3 is 16.3 Å². The van der Waals surface area contributed by atoms with E-state index in [1.807, 2.05) is 54.3 Å². The Hall–Kier alpha value is -3.65. The minimum absolute atomic E-state index is 0.0585. The van der Waals surface area contributed by atoms with Crippen LogP contribution in [0.1, 0.15) is 73.8 Å². The molecule has 0 bridgehead atoms. The van der Waals surface area contributed by atoms with Gasteiger partial charge in [0, 0.05) is 57.3 Å². The average molecular weight is 689 g/mol. The summed E-state index contributed by atoms with van der Waals surface area (Å²) in [6, 6.07) is 15.7. The van der Waals surface area contributed by atoms with E-state index in [1.54, 1.807) is 40.0 Å². The maximum atomic E-state index is 14.3. The van der Waals surface area contributed by atoms with Crippen molar-refractivity contribution in [2.24, 2.45) is 0 Å². The Kier molecular flexibility index (Phi) is 11.6. The molecule has 0 radical (unpaired) electrons. The molecule has 256 valence electrons. The fraction of sp³-hybridized carbons (Fsp3) is 0.485. The maximum Gasteiger partial charge on any atom is 0.407 e. The van der Waals surface area contributed by atoms with E-state index >= 15 is 0 Å². The molecule has 2 heterocycles. The van der Waals surface area contributed by atoms with E-state index in [0.29, 0.717) is 35.5 Å². The Bertz CT molecular complexity index is 1660. The zero-order valence-corrected chi connectivity index (χ0v) is 29.6. The van der Waals surface area contributed by atoms with Crippen molar-refractivity contribution < 1.29 is 27.5 Å². The van der Waals surface area contributed by atoms with Crippen molar-refractivity contribution in [1.82, 2.24) is 24.1 Å². The highest BCUT2D eigenvalue weighted by atomic mass is 35.5. The Morgan fingerprint density at radius 3 is 2.38 bits per heavy atom. The standard InChI is InChI=1S/C33H45ClN6O6S/c1-22(45-7)28(23-14-9-8-10-15-23)36-30(41)29-26(20-24-16-11-12-18-27(24)34)31(40(37-29)47(43,44)38(5)6)39-19-13-17-25(21-39)35-32(42)46-33(2,3)4/h8-12,14-16,18,22,25,28H,13,17,19-21H2,1-7H3,(H,35,42)(H,36,41)/t22?,25-,28?/m1/s1. The molecule has 14 heteroatoms. The van der Waals surface area contributed by atoms with Crippen LogP contribution in [0.15, 0.2) is 54.6 Å². The number of nitrogens with zero attached hydrogens (tertiary/aromatic N) is 4. The van der Waals surface area contributed by atoms with Crippen LogP contribution in [0.4, 0.5) is 10.6 Å². The molecule has 3 aromatic rings. The molecule has 2 unspecified atom stereocenters. The molecule has 1 aromatic heterocycles. The van der Waals surface area contributed by atoms with E-state index in [4.69, 9.17) is 21.1 Å². The van der Waals surface area contributed by atoms with E-state index in [1.165, 1.54) is 14.1 Å². The molecular weight excluding hydrogens is 644 g/mol. The lowest BCUT2D eigenvalue weighted by Crippen LogP contribution is -2.50. The van der Waals surface area contributed by atoms with Crippen LogP contribution in [0.3, 0.4) is 0 Å². The number of methoxy groups -OCH3 is 1. The van der Waals surface area contributed by atoms with Gasteiger partial charge in [-0.3, -0.25) is 4.79 Å². The molecule has 12 nitrogen and oxygen atoms in total. The topological polar surface area (TPSA) is 135 Å². The van der Waals surface area contributed by atoms with Crippen LogP contribution in [-0.4, -0.2) is 86.0 Å². The highest BCUT2D eigenvalue weighted by Crippen LogP contribution is 2.33. The summed E-state index contributed by atoms with van der Waals surface area (Å²) in [5.41, 5.74) is 1.15. The van der Waals surface area contributed by atoms with E-state index < -0.39 is 40.0 Å². The summed E-state index contributed by atoms with van der Waals surface area (Å²) in [7, 11) is 0.158. The number of alkyl carbamates (subject to hydrolysis) is 1. The first-order valence-corrected chi connectivity index (χ1v) is 17.3. The van der Waals surface area contributed by atoms with Crippen LogP contribution >= 0.6 is 11.6 Å². The second-order valence-corrected chi connectivity index (χ2v) is 15.2. The van der Waals surface area contributed by atoms with Gasteiger partial charge in [0.05, 0.1) is 12.1 Å². The first-order valence-electron chi connectivity index (χ1n) is 15.5. The Balaban J connectivity index is 1.85. The van der Waals surface area contributed by atoms with Gasteiger partial charge in [-0.15, -0.1) is 9.19 Å². The summed E-state index contributed by atoms with van der Waals surface area (Å²) in [5.74, 6) is -0.338. The minimum atomic E-state index is -4.21. The maximum absolute atomic E-state index is 14.3. The zero-order valence-electron chi connectivity index (χ0n) is 28.0. The first-order chi connectivity index (χ1) is 22.1.